The van der Waals surface area contributed by atoms with Crippen LogP contribution in [0.4, 0.5) is 5.82 Å². The predicted molar refractivity (Wildman–Crippen MR) is 48.3 cm³/mol. The van der Waals surface area contributed by atoms with Crippen molar-refractivity contribution in [3.63, 3.8) is 0 Å². The Morgan fingerprint density at radius 1 is 1.45 bits per heavy atom. The molecule has 0 atom stereocenters. The molecule has 0 saturated carbocycles. The summed E-state index contributed by atoms with van der Waals surface area (Å²) in [5.41, 5.74) is 0. The molecule has 0 amide bonds. The SMILES string of the molecule is CN(c1cocn1)[Si](C)(C)C. The van der Waals surface area contributed by atoms with Crippen molar-refractivity contribution in [3.8, 4) is 0 Å². The molecule has 11 heavy (non-hydrogen) atoms. The summed E-state index contributed by atoms with van der Waals surface area (Å²) >= 11 is 0. The first-order valence-electron chi connectivity index (χ1n) is 3.64. The van der Waals surface area contributed by atoms with Crippen molar-refractivity contribution in [2.45, 2.75) is 19.6 Å². The zero-order valence-corrected chi connectivity index (χ0v) is 8.46. The van der Waals surface area contributed by atoms with Crippen LogP contribution in [0.25, 0.3) is 0 Å². The van der Waals surface area contributed by atoms with E-state index in [1.54, 1.807) is 6.26 Å². The van der Waals surface area contributed by atoms with Crippen molar-refractivity contribution < 1.29 is 4.42 Å². The van der Waals surface area contributed by atoms with Crippen molar-refractivity contribution in [1.29, 1.82) is 0 Å². The molecule has 0 aliphatic heterocycles. The van der Waals surface area contributed by atoms with E-state index in [1.165, 1.54) is 6.39 Å². The Balaban J connectivity index is 2.78. The number of hydrogen-bond donors (Lipinski definition) is 0. The first kappa shape index (κ1) is 8.32. The Bertz CT molecular complexity index is 215. The minimum absolute atomic E-state index is 0.934. The van der Waals surface area contributed by atoms with Gasteiger partial charge in [-0.15, -0.1) is 0 Å². The highest BCUT2D eigenvalue weighted by atomic mass is 28.3. The van der Waals surface area contributed by atoms with Crippen LogP contribution in [-0.4, -0.2) is 20.3 Å². The van der Waals surface area contributed by atoms with Crippen LogP contribution < -0.4 is 4.57 Å². The first-order chi connectivity index (χ1) is 5.02. The van der Waals surface area contributed by atoms with E-state index >= 15 is 0 Å². The molecule has 4 heteroatoms. The minimum atomic E-state index is -1.25. The first-order valence-corrected chi connectivity index (χ1v) is 7.08. The second kappa shape index (κ2) is 2.69. The van der Waals surface area contributed by atoms with Gasteiger partial charge in [-0.3, -0.25) is 0 Å². The van der Waals surface area contributed by atoms with E-state index in [4.69, 9.17) is 4.42 Å². The zero-order chi connectivity index (χ0) is 8.48. The molecule has 0 aliphatic carbocycles. The molecule has 1 heterocycles. The largest absolute Gasteiger partial charge is 0.450 e. The van der Waals surface area contributed by atoms with E-state index < -0.39 is 8.24 Å². The summed E-state index contributed by atoms with van der Waals surface area (Å²) in [5, 5.41) is 0. The number of anilines is 1. The average Bonchev–Trinajstić information content (AvgIpc) is 2.34. The fraction of sp³-hybridized carbons (Fsp3) is 0.571. The smallest absolute Gasteiger partial charge is 0.182 e. The highest BCUT2D eigenvalue weighted by molar-refractivity contribution is 6.79. The highest BCUT2D eigenvalue weighted by Crippen LogP contribution is 2.15. The monoisotopic (exact) mass is 170 g/mol. The summed E-state index contributed by atoms with van der Waals surface area (Å²) in [6.45, 7) is 6.80. The summed E-state index contributed by atoms with van der Waals surface area (Å²) in [4.78, 5) is 4.08. The average molecular weight is 170 g/mol. The second-order valence-electron chi connectivity index (χ2n) is 3.58. The van der Waals surface area contributed by atoms with E-state index in [1.807, 2.05) is 0 Å². The second-order valence-corrected chi connectivity index (χ2v) is 8.59. The van der Waals surface area contributed by atoms with Gasteiger partial charge >= 0.3 is 0 Å². The summed E-state index contributed by atoms with van der Waals surface area (Å²) in [6.07, 6.45) is 3.14. The van der Waals surface area contributed by atoms with E-state index in [9.17, 15) is 0 Å². The van der Waals surface area contributed by atoms with Gasteiger partial charge in [0.1, 0.15) is 14.5 Å². The van der Waals surface area contributed by atoms with Crippen molar-refractivity contribution in [2.75, 3.05) is 11.6 Å². The number of nitrogens with zero attached hydrogens (tertiary/aromatic N) is 2. The topological polar surface area (TPSA) is 29.3 Å². The molecular weight excluding hydrogens is 156 g/mol. The number of hydrogen-bond acceptors (Lipinski definition) is 3. The Kier molecular flexibility index (Phi) is 2.04. The molecule has 3 nitrogen and oxygen atoms in total. The van der Waals surface area contributed by atoms with Crippen molar-refractivity contribution in [1.82, 2.24) is 4.98 Å². The maximum atomic E-state index is 4.90. The van der Waals surface area contributed by atoms with E-state index in [-0.39, 0.29) is 0 Å². The lowest BCUT2D eigenvalue weighted by molar-refractivity contribution is 0.558. The van der Waals surface area contributed by atoms with Crippen molar-refractivity contribution in [2.24, 2.45) is 0 Å². The summed E-state index contributed by atoms with van der Waals surface area (Å²) in [6, 6.07) is 0. The third kappa shape index (κ3) is 1.83. The van der Waals surface area contributed by atoms with Crippen LogP contribution in [0.15, 0.2) is 17.1 Å². The van der Waals surface area contributed by atoms with Crippen LogP contribution in [0.1, 0.15) is 0 Å². The molecule has 1 aromatic rings. The van der Waals surface area contributed by atoms with Crippen molar-refractivity contribution >= 4 is 14.1 Å². The standard InChI is InChI=1S/C7H14N2OSi/c1-9(11(2,3)4)7-5-10-6-8-7/h5-6H,1-4H3. The maximum Gasteiger partial charge on any atom is 0.182 e. The van der Waals surface area contributed by atoms with E-state index in [0.717, 1.165) is 5.82 Å². The number of oxazole rings is 1. The molecule has 0 N–H and O–H groups in total. The molecular formula is C7H14N2OSi. The maximum absolute atomic E-state index is 4.90. The molecule has 0 aliphatic rings. The normalized spacial score (nSPS) is 11.6. The Labute approximate surface area is 68.1 Å². The minimum Gasteiger partial charge on any atom is -0.450 e. The van der Waals surface area contributed by atoms with E-state index in [0.29, 0.717) is 0 Å². The lowest BCUT2D eigenvalue weighted by Crippen LogP contribution is -2.43. The predicted octanol–water partition coefficient (Wildman–Crippen LogP) is 1.95. The van der Waals surface area contributed by atoms with Crippen molar-refractivity contribution in [3.05, 3.63) is 12.7 Å². The van der Waals surface area contributed by atoms with Gasteiger partial charge in [0.25, 0.3) is 0 Å². The fourth-order valence-corrected chi connectivity index (χ4v) is 1.51. The van der Waals surface area contributed by atoms with Gasteiger partial charge in [0, 0.05) is 0 Å². The summed E-state index contributed by atoms with van der Waals surface area (Å²) in [7, 11) is 0.805. The third-order valence-corrected chi connectivity index (χ3v) is 4.01. The van der Waals surface area contributed by atoms with Gasteiger partial charge in [0.15, 0.2) is 12.2 Å². The van der Waals surface area contributed by atoms with Crippen LogP contribution >= 0.6 is 0 Å². The van der Waals surface area contributed by atoms with Gasteiger partial charge in [-0.05, 0) is 7.05 Å². The zero-order valence-electron chi connectivity index (χ0n) is 7.46. The Hall–Kier alpha value is -0.773. The molecule has 1 aromatic heterocycles. The lowest BCUT2D eigenvalue weighted by Gasteiger charge is -2.29. The molecule has 62 valence electrons. The quantitative estimate of drug-likeness (QED) is 0.635. The summed E-state index contributed by atoms with van der Waals surface area (Å²) < 4.78 is 7.11. The molecule has 0 bridgehead atoms. The van der Waals surface area contributed by atoms with Gasteiger partial charge in [-0.25, -0.2) is 4.98 Å². The van der Waals surface area contributed by atoms with Gasteiger partial charge in [0.05, 0.1) is 0 Å². The Morgan fingerprint density at radius 3 is 2.45 bits per heavy atom. The number of aromatic nitrogens is 1. The van der Waals surface area contributed by atoms with Crippen LogP contribution in [0.3, 0.4) is 0 Å². The fourth-order valence-electron chi connectivity index (χ4n) is 0.715. The van der Waals surface area contributed by atoms with Crippen LogP contribution in [0, 0.1) is 0 Å². The van der Waals surface area contributed by atoms with Gasteiger partial charge in [0.2, 0.25) is 0 Å². The molecule has 0 fully saturated rings. The van der Waals surface area contributed by atoms with Gasteiger partial charge < -0.3 is 8.98 Å². The Morgan fingerprint density at radius 2 is 2.09 bits per heavy atom. The van der Waals surface area contributed by atoms with Gasteiger partial charge in [-0.1, -0.05) is 19.6 Å². The molecule has 0 unspecified atom stereocenters. The molecule has 0 spiro atoms. The molecule has 1 rings (SSSR count). The van der Waals surface area contributed by atoms with E-state index in [2.05, 4.69) is 36.2 Å². The third-order valence-electron chi connectivity index (χ3n) is 1.77. The summed E-state index contributed by atoms with van der Waals surface area (Å²) in [5.74, 6) is 0.934. The highest BCUT2D eigenvalue weighted by Gasteiger charge is 2.21. The van der Waals surface area contributed by atoms with Gasteiger partial charge in [-0.2, -0.15) is 0 Å². The van der Waals surface area contributed by atoms with Crippen LogP contribution in [0.5, 0.6) is 0 Å². The lowest BCUT2D eigenvalue weighted by atomic mass is 10.8. The number of rotatable bonds is 2. The molecule has 0 aromatic carbocycles. The van der Waals surface area contributed by atoms with Crippen LogP contribution in [0.2, 0.25) is 19.6 Å². The molecule has 0 saturated heterocycles. The molecule has 0 radical (unpaired) electrons. The van der Waals surface area contributed by atoms with Crippen LogP contribution in [-0.2, 0) is 0 Å².